The molecule has 0 spiro atoms. The molecule has 1 fully saturated rings. The van der Waals surface area contributed by atoms with Gasteiger partial charge in [0, 0.05) is 37.4 Å². The highest BCUT2D eigenvalue weighted by Gasteiger charge is 2.24. The van der Waals surface area contributed by atoms with Gasteiger partial charge in [-0.05, 0) is 30.7 Å². The lowest BCUT2D eigenvalue weighted by Gasteiger charge is -2.36. The molecule has 1 aliphatic heterocycles. The minimum atomic E-state index is -0.420. The van der Waals surface area contributed by atoms with E-state index in [1.54, 1.807) is 30.2 Å². The summed E-state index contributed by atoms with van der Waals surface area (Å²) in [6.07, 6.45) is 2.73. The monoisotopic (exact) mass is 380 g/mol. The van der Waals surface area contributed by atoms with Crippen molar-refractivity contribution in [2.45, 2.75) is 13.0 Å². The van der Waals surface area contributed by atoms with Crippen LogP contribution in [0.2, 0.25) is 5.02 Å². The number of rotatable bonds is 3. The topological polar surface area (TPSA) is 48.5 Å². The fourth-order valence-corrected chi connectivity index (χ4v) is 3.31. The zero-order valence-corrected chi connectivity index (χ0v) is 15.0. The van der Waals surface area contributed by atoms with Crippen LogP contribution in [0.1, 0.15) is 18.5 Å². The maximum atomic E-state index is 13.8. The highest BCUT2D eigenvalue weighted by Crippen LogP contribution is 2.24. The molecule has 1 saturated heterocycles. The Morgan fingerprint density at radius 2 is 1.96 bits per heavy atom. The third kappa shape index (κ3) is 4.04. The Morgan fingerprint density at radius 1 is 1.23 bits per heavy atom. The van der Waals surface area contributed by atoms with E-state index in [0.29, 0.717) is 37.4 Å². The largest absolute Gasteiger partial charge is 0.366 e. The van der Waals surface area contributed by atoms with Gasteiger partial charge in [-0.1, -0.05) is 17.7 Å². The third-order valence-electron chi connectivity index (χ3n) is 4.43. The average molecular weight is 381 g/mol. The second kappa shape index (κ2) is 7.86. The van der Waals surface area contributed by atoms with Crippen molar-refractivity contribution >= 4 is 23.3 Å². The van der Waals surface area contributed by atoms with E-state index in [-0.39, 0.29) is 22.9 Å². The number of anilines is 1. The molecule has 0 radical (unpaired) electrons. The fourth-order valence-electron chi connectivity index (χ4n) is 2.98. The Labute approximate surface area is 155 Å². The Hall–Kier alpha value is -2.41. The number of carbonyl (C=O) groups is 1. The number of nitrogens with one attached hydrogen (secondary N) is 1. The lowest BCUT2D eigenvalue weighted by atomic mass is 10.1. The van der Waals surface area contributed by atoms with Crippen molar-refractivity contribution in [3.8, 4) is 0 Å². The first-order chi connectivity index (χ1) is 12.5. The van der Waals surface area contributed by atoms with Crippen LogP contribution in [0.5, 0.6) is 0 Å². The van der Waals surface area contributed by atoms with Crippen molar-refractivity contribution < 1.29 is 13.6 Å². The third-order valence-corrected chi connectivity index (χ3v) is 4.75. The molecule has 26 heavy (non-hydrogen) atoms. The maximum Gasteiger partial charge on any atom is 0.317 e. The molecule has 1 aromatic heterocycles. The first kappa shape index (κ1) is 18.4. The van der Waals surface area contributed by atoms with E-state index in [4.69, 9.17) is 11.6 Å². The van der Waals surface area contributed by atoms with Gasteiger partial charge in [-0.3, -0.25) is 4.98 Å². The number of aromatic nitrogens is 1. The van der Waals surface area contributed by atoms with Gasteiger partial charge in [-0.2, -0.15) is 0 Å². The molecule has 2 aromatic rings. The Morgan fingerprint density at radius 3 is 2.62 bits per heavy atom. The normalized spacial score (nSPS) is 15.7. The van der Waals surface area contributed by atoms with E-state index in [1.807, 2.05) is 4.90 Å². The number of hydrogen-bond donors (Lipinski definition) is 1. The van der Waals surface area contributed by atoms with Crippen LogP contribution in [0, 0.1) is 11.6 Å². The quantitative estimate of drug-likeness (QED) is 0.885. The van der Waals surface area contributed by atoms with Crippen LogP contribution in [0.25, 0.3) is 0 Å². The first-order valence-corrected chi connectivity index (χ1v) is 8.68. The predicted molar refractivity (Wildman–Crippen MR) is 96.3 cm³/mol. The molecular weight excluding hydrogens is 362 g/mol. The van der Waals surface area contributed by atoms with Gasteiger partial charge in [0.05, 0.1) is 17.9 Å². The molecule has 3 rings (SSSR count). The molecular formula is C18H19ClF2N4O. The highest BCUT2D eigenvalue weighted by molar-refractivity contribution is 6.31. The summed E-state index contributed by atoms with van der Waals surface area (Å²) in [5.74, 6) is -0.790. The smallest absolute Gasteiger partial charge is 0.317 e. The molecule has 138 valence electrons. The summed E-state index contributed by atoms with van der Waals surface area (Å²) >= 11 is 6.04. The number of nitrogens with zero attached hydrogens (tertiary/aromatic N) is 3. The molecule has 1 unspecified atom stereocenters. The van der Waals surface area contributed by atoms with Crippen LogP contribution in [0.3, 0.4) is 0 Å². The van der Waals surface area contributed by atoms with Crippen molar-refractivity contribution in [3.05, 3.63) is 58.9 Å². The minimum absolute atomic E-state index is 0.229. The number of hydrogen-bond acceptors (Lipinski definition) is 3. The van der Waals surface area contributed by atoms with Gasteiger partial charge >= 0.3 is 6.03 Å². The summed E-state index contributed by atoms with van der Waals surface area (Å²) in [4.78, 5) is 19.8. The van der Waals surface area contributed by atoms with Crippen LogP contribution >= 0.6 is 11.6 Å². The van der Waals surface area contributed by atoms with Gasteiger partial charge in [0.2, 0.25) is 0 Å². The van der Waals surface area contributed by atoms with Crippen LogP contribution in [0.4, 0.5) is 19.3 Å². The van der Waals surface area contributed by atoms with E-state index in [0.717, 1.165) is 0 Å². The number of urea groups is 1. The van der Waals surface area contributed by atoms with Gasteiger partial charge in [0.25, 0.3) is 0 Å². The minimum Gasteiger partial charge on any atom is -0.366 e. The van der Waals surface area contributed by atoms with Crippen molar-refractivity contribution in [2.24, 2.45) is 0 Å². The van der Waals surface area contributed by atoms with Gasteiger partial charge in [0.1, 0.15) is 5.82 Å². The summed E-state index contributed by atoms with van der Waals surface area (Å²) in [6.45, 7) is 3.79. The van der Waals surface area contributed by atoms with Crippen molar-refractivity contribution in [1.82, 2.24) is 15.2 Å². The zero-order chi connectivity index (χ0) is 18.7. The Kier molecular flexibility index (Phi) is 5.56. The molecule has 5 nitrogen and oxygen atoms in total. The molecule has 1 aliphatic rings. The molecule has 8 heteroatoms. The second-order valence-electron chi connectivity index (χ2n) is 6.14. The number of halogens is 3. The SMILES string of the molecule is CC(NC(=O)N1CCN(c2ccncc2F)CC1)c1ccc(F)cc1Cl. The summed E-state index contributed by atoms with van der Waals surface area (Å²) in [5, 5.41) is 3.14. The second-order valence-corrected chi connectivity index (χ2v) is 6.55. The van der Waals surface area contributed by atoms with Crippen LogP contribution in [-0.2, 0) is 0 Å². The van der Waals surface area contributed by atoms with E-state index >= 15 is 0 Å². The van der Waals surface area contributed by atoms with Crippen molar-refractivity contribution in [2.75, 3.05) is 31.1 Å². The number of benzene rings is 1. The molecule has 1 atom stereocenters. The van der Waals surface area contributed by atoms with Crippen LogP contribution in [-0.4, -0.2) is 42.1 Å². The zero-order valence-electron chi connectivity index (χ0n) is 14.3. The highest BCUT2D eigenvalue weighted by atomic mass is 35.5. The molecule has 0 saturated carbocycles. The molecule has 2 heterocycles. The van der Waals surface area contributed by atoms with E-state index in [2.05, 4.69) is 10.3 Å². The summed E-state index contributed by atoms with van der Waals surface area (Å²) in [6, 6.07) is 5.14. The van der Waals surface area contributed by atoms with Gasteiger partial charge < -0.3 is 15.1 Å². The lowest BCUT2D eigenvalue weighted by molar-refractivity contribution is 0.191. The number of carbonyl (C=O) groups excluding carboxylic acids is 1. The molecule has 2 amide bonds. The predicted octanol–water partition coefficient (Wildman–Crippen LogP) is 3.61. The number of amides is 2. The van der Waals surface area contributed by atoms with Crippen molar-refractivity contribution in [3.63, 3.8) is 0 Å². The molecule has 1 N–H and O–H groups in total. The van der Waals surface area contributed by atoms with Gasteiger partial charge in [0.15, 0.2) is 5.82 Å². The Bertz CT molecular complexity index is 797. The lowest BCUT2D eigenvalue weighted by Crippen LogP contribution is -2.52. The van der Waals surface area contributed by atoms with E-state index in [1.165, 1.54) is 18.3 Å². The average Bonchev–Trinajstić information content (AvgIpc) is 2.62. The molecule has 1 aromatic carbocycles. The van der Waals surface area contributed by atoms with Gasteiger partial charge in [-0.15, -0.1) is 0 Å². The number of piperazine rings is 1. The standard InChI is InChI=1S/C18H19ClF2N4O/c1-12(14-3-2-13(20)10-15(14)19)23-18(26)25-8-6-24(7-9-25)17-4-5-22-11-16(17)21/h2-5,10-12H,6-9H2,1H3,(H,23,26). The number of pyridine rings is 1. The maximum absolute atomic E-state index is 13.8. The molecule has 0 aliphatic carbocycles. The van der Waals surface area contributed by atoms with E-state index in [9.17, 15) is 13.6 Å². The summed E-state index contributed by atoms with van der Waals surface area (Å²) in [7, 11) is 0. The van der Waals surface area contributed by atoms with Gasteiger partial charge in [-0.25, -0.2) is 13.6 Å². The van der Waals surface area contributed by atoms with Crippen LogP contribution in [0.15, 0.2) is 36.7 Å². The first-order valence-electron chi connectivity index (χ1n) is 8.30. The Balaban J connectivity index is 1.57. The molecule has 0 bridgehead atoms. The summed E-state index contributed by atoms with van der Waals surface area (Å²) < 4.78 is 27.0. The van der Waals surface area contributed by atoms with E-state index < -0.39 is 5.82 Å². The fraction of sp³-hybridized carbons (Fsp3) is 0.333. The summed E-state index contributed by atoms with van der Waals surface area (Å²) in [5.41, 5.74) is 1.14. The van der Waals surface area contributed by atoms with Crippen LogP contribution < -0.4 is 10.2 Å². The van der Waals surface area contributed by atoms with Crippen molar-refractivity contribution in [1.29, 1.82) is 0 Å².